The fourth-order valence-corrected chi connectivity index (χ4v) is 8.18. The number of hydrogen-bond acceptors (Lipinski definition) is 1. The average Bonchev–Trinajstić information content (AvgIpc) is 3.20. The van der Waals surface area contributed by atoms with Crippen LogP contribution >= 0.6 is 81.2 Å². The molecule has 0 heterocycles. The molecule has 0 saturated heterocycles. The van der Waals surface area contributed by atoms with Crippen LogP contribution in [0.2, 0.25) is 0 Å². The van der Waals surface area contributed by atoms with E-state index in [1.165, 1.54) is 44.9 Å². The minimum absolute atomic E-state index is 0.205. The summed E-state index contributed by atoms with van der Waals surface area (Å²) in [6, 6.07) is 0. The smallest absolute Gasteiger partial charge is 0.303 e. The lowest BCUT2D eigenvalue weighted by molar-refractivity contribution is -0.137. The Bertz CT molecular complexity index is 708. The molecule has 0 aliphatic heterocycles. The highest BCUT2D eigenvalue weighted by molar-refractivity contribution is 6.66. The number of fused-ring (bicyclic) bond motifs is 5. The summed E-state index contributed by atoms with van der Waals surface area (Å²) in [6.07, 6.45) is 15.2. The number of unbranched alkanes of at least 4 members (excludes halogenated alkanes) is 8. The molecule has 9 heteroatoms. The minimum Gasteiger partial charge on any atom is -0.481 e. The molecule has 3 rings (SSSR count). The van der Waals surface area contributed by atoms with Crippen molar-refractivity contribution in [2.45, 2.75) is 90.6 Å². The first-order valence-corrected chi connectivity index (χ1v) is 13.5. The van der Waals surface area contributed by atoms with E-state index < -0.39 is 20.1 Å². The number of alkyl halides is 5. The molecule has 1 N–H and O–H groups in total. The van der Waals surface area contributed by atoms with Crippen molar-refractivity contribution in [1.29, 1.82) is 0 Å². The maximum atomic E-state index is 10.2. The van der Waals surface area contributed by atoms with E-state index in [0.717, 1.165) is 12.8 Å². The van der Waals surface area contributed by atoms with Crippen molar-refractivity contribution in [1.82, 2.24) is 0 Å². The monoisotopic (exact) mass is 570 g/mol. The van der Waals surface area contributed by atoms with Crippen molar-refractivity contribution >= 4 is 87.2 Å². The van der Waals surface area contributed by atoms with Crippen molar-refractivity contribution in [3.05, 3.63) is 22.2 Å². The molecule has 31 heavy (non-hydrogen) atoms. The lowest BCUT2D eigenvalue weighted by atomic mass is 9.84. The van der Waals surface area contributed by atoms with Gasteiger partial charge in [0.2, 0.25) is 0 Å². The molecule has 1 saturated carbocycles. The first-order valence-electron chi connectivity index (χ1n) is 10.8. The third-order valence-electron chi connectivity index (χ3n) is 6.39. The SMILES string of the molecule is CCCCCCCCCCCC(=O)O.ClC1=C(Cl)C2(Cl)C3C(Cl)C=CC3C1(Cl)C2(Cl)Cl. The Hall–Kier alpha value is 0.980. The highest BCUT2D eigenvalue weighted by atomic mass is 35.5. The summed E-state index contributed by atoms with van der Waals surface area (Å²) in [5, 5.41) is 8.53. The summed E-state index contributed by atoms with van der Waals surface area (Å²) in [5.41, 5.74) is 0. The molecule has 178 valence electrons. The molecule has 5 unspecified atom stereocenters. The van der Waals surface area contributed by atoms with Gasteiger partial charge in [0, 0.05) is 18.3 Å². The molecule has 2 bridgehead atoms. The number of hydrogen-bond donors (Lipinski definition) is 1. The Morgan fingerprint density at radius 1 is 0.871 bits per heavy atom. The fourth-order valence-electron chi connectivity index (χ4n) is 4.67. The first-order chi connectivity index (χ1) is 14.5. The third kappa shape index (κ3) is 5.16. The zero-order valence-electron chi connectivity index (χ0n) is 17.5. The first kappa shape index (κ1) is 28.2. The van der Waals surface area contributed by atoms with E-state index >= 15 is 0 Å². The van der Waals surface area contributed by atoms with Crippen LogP contribution in [0.15, 0.2) is 22.2 Å². The summed E-state index contributed by atoms with van der Waals surface area (Å²) in [4.78, 5) is 7.76. The second kappa shape index (κ2) is 11.6. The maximum absolute atomic E-state index is 10.2. The van der Waals surface area contributed by atoms with Gasteiger partial charge < -0.3 is 5.11 Å². The van der Waals surface area contributed by atoms with Crippen molar-refractivity contribution < 1.29 is 9.90 Å². The van der Waals surface area contributed by atoms with Gasteiger partial charge in [-0.1, -0.05) is 117 Å². The van der Waals surface area contributed by atoms with Crippen LogP contribution in [0.5, 0.6) is 0 Å². The summed E-state index contributed by atoms with van der Waals surface area (Å²) >= 11 is 44.5. The summed E-state index contributed by atoms with van der Waals surface area (Å²) in [5.74, 6) is -1.13. The molecule has 1 fully saturated rings. The lowest BCUT2D eigenvalue weighted by Gasteiger charge is -2.34. The van der Waals surface area contributed by atoms with Gasteiger partial charge >= 0.3 is 5.97 Å². The van der Waals surface area contributed by atoms with E-state index in [9.17, 15) is 4.79 Å². The minimum atomic E-state index is -1.48. The van der Waals surface area contributed by atoms with Gasteiger partial charge in [-0.05, 0) is 6.42 Å². The number of rotatable bonds is 10. The Kier molecular flexibility index (Phi) is 10.6. The molecule has 0 aromatic rings. The van der Waals surface area contributed by atoms with Crippen LogP contribution in [0, 0.1) is 11.8 Å². The van der Waals surface area contributed by atoms with Crippen molar-refractivity contribution in [3.63, 3.8) is 0 Å². The zero-order valence-corrected chi connectivity index (χ0v) is 22.8. The lowest BCUT2D eigenvalue weighted by Crippen LogP contribution is -2.45. The van der Waals surface area contributed by atoms with E-state index in [-0.39, 0.29) is 27.3 Å². The fraction of sp³-hybridized carbons (Fsp3) is 0.773. The van der Waals surface area contributed by atoms with Gasteiger partial charge in [-0.2, -0.15) is 0 Å². The molecular formula is C22H29Cl7O2. The van der Waals surface area contributed by atoms with Gasteiger partial charge in [0.15, 0.2) is 4.33 Å². The molecule has 0 amide bonds. The summed E-state index contributed by atoms with van der Waals surface area (Å²) < 4.78 is -1.48. The van der Waals surface area contributed by atoms with Crippen LogP contribution in [0.25, 0.3) is 0 Å². The molecule has 0 aromatic carbocycles. The maximum Gasteiger partial charge on any atom is 0.303 e. The predicted molar refractivity (Wildman–Crippen MR) is 136 cm³/mol. The zero-order chi connectivity index (χ0) is 23.4. The molecule has 0 aromatic heterocycles. The Balaban J connectivity index is 0.000000226. The van der Waals surface area contributed by atoms with E-state index in [2.05, 4.69) is 6.92 Å². The van der Waals surface area contributed by atoms with E-state index in [0.29, 0.717) is 6.42 Å². The largest absolute Gasteiger partial charge is 0.481 e. The van der Waals surface area contributed by atoms with Crippen LogP contribution in [-0.4, -0.2) is 30.5 Å². The van der Waals surface area contributed by atoms with Crippen LogP contribution < -0.4 is 0 Å². The van der Waals surface area contributed by atoms with Gasteiger partial charge in [0.1, 0.15) is 9.75 Å². The van der Waals surface area contributed by atoms with Gasteiger partial charge in [-0.15, -0.1) is 34.8 Å². The number of allylic oxidation sites excluding steroid dienone is 4. The Morgan fingerprint density at radius 3 is 1.87 bits per heavy atom. The van der Waals surface area contributed by atoms with Crippen molar-refractivity contribution in [3.8, 4) is 0 Å². The molecular weight excluding hydrogens is 544 g/mol. The van der Waals surface area contributed by atoms with Crippen molar-refractivity contribution in [2.24, 2.45) is 11.8 Å². The highest BCUT2D eigenvalue weighted by Gasteiger charge is 2.83. The number of carboxylic acid groups (broad SMARTS) is 1. The van der Waals surface area contributed by atoms with Crippen LogP contribution in [0.3, 0.4) is 0 Å². The van der Waals surface area contributed by atoms with Gasteiger partial charge in [-0.25, -0.2) is 0 Å². The normalized spacial score (nSPS) is 34.6. The van der Waals surface area contributed by atoms with Gasteiger partial charge in [-0.3, -0.25) is 4.79 Å². The quantitative estimate of drug-likeness (QED) is 0.161. The molecule has 2 nitrogen and oxygen atoms in total. The molecule has 0 spiro atoms. The molecule has 3 aliphatic carbocycles. The van der Waals surface area contributed by atoms with E-state index in [4.69, 9.17) is 86.3 Å². The standard InChI is InChI=1S/C12H24O2.C10H5Cl7/c1-2-3-4-5-6-7-8-9-10-11-12(13)14;11-4-2-1-3-5(4)9(15)7(13)6(12)8(3,14)10(9,16)17/h2-11H2,1H3,(H,13,14);1-5H. The summed E-state index contributed by atoms with van der Waals surface area (Å²) in [6.45, 7) is 2.23. The van der Waals surface area contributed by atoms with E-state index in [1.807, 2.05) is 12.2 Å². The topological polar surface area (TPSA) is 37.3 Å². The molecule has 0 radical (unpaired) electrons. The van der Waals surface area contributed by atoms with Crippen molar-refractivity contribution in [2.75, 3.05) is 0 Å². The summed E-state index contributed by atoms with van der Waals surface area (Å²) in [7, 11) is 0. The Labute approximate surface area is 220 Å². The number of carboxylic acids is 1. The number of aliphatic carboxylic acids is 1. The van der Waals surface area contributed by atoms with Crippen LogP contribution in [0.4, 0.5) is 0 Å². The Morgan fingerprint density at radius 2 is 1.35 bits per heavy atom. The van der Waals surface area contributed by atoms with Gasteiger partial charge in [0.25, 0.3) is 0 Å². The predicted octanol–water partition coefficient (Wildman–Crippen LogP) is 9.23. The van der Waals surface area contributed by atoms with Gasteiger partial charge in [0.05, 0.1) is 15.4 Å². The highest BCUT2D eigenvalue weighted by Crippen LogP contribution is 2.78. The average molecular weight is 574 g/mol. The molecule has 3 aliphatic rings. The van der Waals surface area contributed by atoms with Crippen LogP contribution in [0.1, 0.15) is 71.1 Å². The third-order valence-corrected chi connectivity index (χ3v) is 11.1. The van der Waals surface area contributed by atoms with E-state index in [1.54, 1.807) is 0 Å². The second-order valence-electron chi connectivity index (χ2n) is 8.48. The number of halogens is 7. The van der Waals surface area contributed by atoms with Crippen LogP contribution in [-0.2, 0) is 4.79 Å². The second-order valence-corrected chi connectivity index (χ2v) is 12.3. The molecule has 5 atom stereocenters. The number of carbonyl (C=O) groups is 1.